The van der Waals surface area contributed by atoms with Gasteiger partial charge < -0.3 is 5.73 Å². The molecule has 0 radical (unpaired) electrons. The number of thiophene rings is 1. The smallest absolute Gasteiger partial charge is 0.0305 e. The van der Waals surface area contributed by atoms with Gasteiger partial charge in [0.25, 0.3) is 0 Å². The number of hydrogen-bond donors (Lipinski definition) is 1. The Morgan fingerprint density at radius 2 is 2.13 bits per heavy atom. The number of rotatable bonds is 3. The summed E-state index contributed by atoms with van der Waals surface area (Å²) in [6.45, 7) is 2.15. The maximum Gasteiger partial charge on any atom is 0.0305 e. The van der Waals surface area contributed by atoms with Crippen LogP contribution in [0.4, 0.5) is 0 Å². The van der Waals surface area contributed by atoms with Crippen LogP contribution in [0, 0.1) is 12.8 Å². The van der Waals surface area contributed by atoms with Crippen molar-refractivity contribution in [2.24, 2.45) is 11.7 Å². The van der Waals surface area contributed by atoms with E-state index < -0.39 is 0 Å². The molecule has 1 aromatic rings. The molecular formula is C13H21NS. The second-order valence-electron chi connectivity index (χ2n) is 4.84. The van der Waals surface area contributed by atoms with Crippen molar-refractivity contribution in [2.45, 2.75) is 51.5 Å². The van der Waals surface area contributed by atoms with Gasteiger partial charge >= 0.3 is 0 Å². The molecular weight excluding hydrogens is 202 g/mol. The summed E-state index contributed by atoms with van der Waals surface area (Å²) in [6, 6.07) is 2.52. The first-order valence-corrected chi connectivity index (χ1v) is 6.94. The van der Waals surface area contributed by atoms with Crippen molar-refractivity contribution in [1.29, 1.82) is 0 Å². The van der Waals surface area contributed by atoms with Gasteiger partial charge in [0, 0.05) is 10.9 Å². The maximum absolute atomic E-state index is 6.25. The van der Waals surface area contributed by atoms with Crippen LogP contribution >= 0.6 is 11.3 Å². The van der Waals surface area contributed by atoms with Crippen molar-refractivity contribution in [1.82, 2.24) is 0 Å². The molecule has 1 atom stereocenters. The van der Waals surface area contributed by atoms with Gasteiger partial charge in [0.15, 0.2) is 0 Å². The molecule has 2 heteroatoms. The molecule has 84 valence electrons. The van der Waals surface area contributed by atoms with E-state index in [4.69, 9.17) is 5.73 Å². The number of aryl methyl sites for hydroxylation is 1. The first kappa shape index (κ1) is 11.2. The predicted octanol–water partition coefficient (Wildman–Crippen LogP) is 4.03. The van der Waals surface area contributed by atoms with Gasteiger partial charge in [0.2, 0.25) is 0 Å². The Labute approximate surface area is 96.7 Å². The molecule has 1 saturated carbocycles. The quantitative estimate of drug-likeness (QED) is 0.822. The van der Waals surface area contributed by atoms with Gasteiger partial charge in [0.05, 0.1) is 0 Å². The highest BCUT2D eigenvalue weighted by Gasteiger charge is 2.18. The standard InChI is InChI=1S/C13H21NS/c1-10-7-12(9-15-10)13(14)8-11-5-3-2-4-6-11/h7,9,11,13H,2-6,8,14H2,1H3. The minimum atomic E-state index is 0.276. The molecule has 1 aliphatic rings. The van der Waals surface area contributed by atoms with Crippen LogP contribution in [0.1, 0.15) is 55.0 Å². The second kappa shape index (κ2) is 5.13. The summed E-state index contributed by atoms with van der Waals surface area (Å²) in [5.74, 6) is 0.883. The minimum absolute atomic E-state index is 0.276. The lowest BCUT2D eigenvalue weighted by Crippen LogP contribution is -2.16. The van der Waals surface area contributed by atoms with Crippen LogP contribution in [0.15, 0.2) is 11.4 Å². The third-order valence-electron chi connectivity index (χ3n) is 3.49. The predicted molar refractivity (Wildman–Crippen MR) is 67.2 cm³/mol. The molecule has 0 aliphatic heterocycles. The molecule has 0 bridgehead atoms. The zero-order valence-corrected chi connectivity index (χ0v) is 10.4. The highest BCUT2D eigenvalue weighted by Crippen LogP contribution is 2.31. The molecule has 15 heavy (non-hydrogen) atoms. The lowest BCUT2D eigenvalue weighted by atomic mass is 9.84. The van der Waals surface area contributed by atoms with Gasteiger partial charge in [-0.1, -0.05) is 32.1 Å². The van der Waals surface area contributed by atoms with Crippen molar-refractivity contribution in [2.75, 3.05) is 0 Å². The first-order valence-electron chi connectivity index (χ1n) is 6.06. The van der Waals surface area contributed by atoms with Crippen molar-refractivity contribution in [3.8, 4) is 0 Å². The Morgan fingerprint density at radius 3 is 2.73 bits per heavy atom. The van der Waals surface area contributed by atoms with E-state index in [1.54, 1.807) is 0 Å². The van der Waals surface area contributed by atoms with Crippen LogP contribution in [0.2, 0.25) is 0 Å². The molecule has 1 nitrogen and oxygen atoms in total. The second-order valence-corrected chi connectivity index (χ2v) is 5.95. The van der Waals surface area contributed by atoms with Gasteiger partial charge in [-0.05, 0) is 36.3 Å². The highest BCUT2D eigenvalue weighted by molar-refractivity contribution is 7.10. The molecule has 0 saturated heterocycles. The normalized spacial score (nSPS) is 20.4. The van der Waals surface area contributed by atoms with E-state index in [9.17, 15) is 0 Å². The molecule has 1 heterocycles. The molecule has 2 N–H and O–H groups in total. The summed E-state index contributed by atoms with van der Waals surface area (Å²) >= 11 is 1.81. The fraction of sp³-hybridized carbons (Fsp3) is 0.692. The average Bonchev–Trinajstić information content (AvgIpc) is 2.66. The van der Waals surface area contributed by atoms with E-state index >= 15 is 0 Å². The molecule has 1 unspecified atom stereocenters. The summed E-state index contributed by atoms with van der Waals surface area (Å²) < 4.78 is 0. The third-order valence-corrected chi connectivity index (χ3v) is 4.37. The van der Waals surface area contributed by atoms with Crippen LogP contribution < -0.4 is 5.73 Å². The van der Waals surface area contributed by atoms with Crippen molar-refractivity contribution < 1.29 is 0 Å². The van der Waals surface area contributed by atoms with E-state index in [-0.39, 0.29) is 6.04 Å². The lowest BCUT2D eigenvalue weighted by molar-refractivity contribution is 0.319. The van der Waals surface area contributed by atoms with E-state index in [2.05, 4.69) is 18.4 Å². The van der Waals surface area contributed by atoms with E-state index in [1.807, 2.05) is 11.3 Å². The Balaban J connectivity index is 1.88. The van der Waals surface area contributed by atoms with Gasteiger partial charge in [-0.25, -0.2) is 0 Å². The zero-order chi connectivity index (χ0) is 10.7. The molecule has 1 fully saturated rings. The van der Waals surface area contributed by atoms with Gasteiger partial charge in [0.1, 0.15) is 0 Å². The van der Waals surface area contributed by atoms with Crippen LogP contribution in [0.25, 0.3) is 0 Å². The SMILES string of the molecule is Cc1cc(C(N)CC2CCCCC2)cs1. The molecule has 1 aromatic heterocycles. The van der Waals surface area contributed by atoms with Gasteiger partial charge in [-0.3, -0.25) is 0 Å². The topological polar surface area (TPSA) is 26.0 Å². The fourth-order valence-corrected chi connectivity index (χ4v) is 3.35. The van der Waals surface area contributed by atoms with Crippen LogP contribution in [-0.4, -0.2) is 0 Å². The largest absolute Gasteiger partial charge is 0.324 e. The molecule has 2 rings (SSSR count). The van der Waals surface area contributed by atoms with Crippen molar-refractivity contribution in [3.63, 3.8) is 0 Å². The van der Waals surface area contributed by atoms with Crippen molar-refractivity contribution in [3.05, 3.63) is 21.9 Å². The Bertz CT molecular complexity index is 299. The van der Waals surface area contributed by atoms with E-state index in [0.717, 1.165) is 5.92 Å². The van der Waals surface area contributed by atoms with Gasteiger partial charge in [-0.2, -0.15) is 0 Å². The summed E-state index contributed by atoms with van der Waals surface area (Å²) in [5, 5.41) is 2.23. The lowest BCUT2D eigenvalue weighted by Gasteiger charge is -2.24. The fourth-order valence-electron chi connectivity index (χ4n) is 2.58. The summed E-state index contributed by atoms with van der Waals surface area (Å²) in [6.07, 6.45) is 8.26. The number of nitrogens with two attached hydrogens (primary N) is 1. The average molecular weight is 223 g/mol. The van der Waals surface area contributed by atoms with Crippen LogP contribution in [0.5, 0.6) is 0 Å². The van der Waals surface area contributed by atoms with Crippen LogP contribution in [0.3, 0.4) is 0 Å². The minimum Gasteiger partial charge on any atom is -0.324 e. The molecule has 0 amide bonds. The molecule has 0 spiro atoms. The third kappa shape index (κ3) is 3.05. The summed E-state index contributed by atoms with van der Waals surface area (Å²) in [5.41, 5.74) is 7.60. The molecule has 1 aliphatic carbocycles. The number of hydrogen-bond acceptors (Lipinski definition) is 2. The van der Waals surface area contributed by atoms with E-state index in [0.29, 0.717) is 0 Å². The Kier molecular flexibility index (Phi) is 3.81. The highest BCUT2D eigenvalue weighted by atomic mass is 32.1. The summed E-state index contributed by atoms with van der Waals surface area (Å²) in [7, 11) is 0. The first-order chi connectivity index (χ1) is 7.25. The van der Waals surface area contributed by atoms with Crippen LogP contribution in [-0.2, 0) is 0 Å². The van der Waals surface area contributed by atoms with E-state index in [1.165, 1.54) is 49.0 Å². The Morgan fingerprint density at radius 1 is 1.40 bits per heavy atom. The zero-order valence-electron chi connectivity index (χ0n) is 9.54. The maximum atomic E-state index is 6.25. The monoisotopic (exact) mass is 223 g/mol. The van der Waals surface area contributed by atoms with Crippen molar-refractivity contribution >= 4 is 11.3 Å². The molecule has 0 aromatic carbocycles. The summed E-state index contributed by atoms with van der Waals surface area (Å²) in [4.78, 5) is 1.38. The van der Waals surface area contributed by atoms with Gasteiger partial charge in [-0.15, -0.1) is 11.3 Å². The Hall–Kier alpha value is -0.340.